The summed E-state index contributed by atoms with van der Waals surface area (Å²) in [5.41, 5.74) is 1.13. The highest BCUT2D eigenvalue weighted by Gasteiger charge is 2.26. The fraction of sp³-hybridized carbons (Fsp3) is 0.231. The van der Waals surface area contributed by atoms with E-state index in [2.05, 4.69) is 10.3 Å². The van der Waals surface area contributed by atoms with Crippen molar-refractivity contribution in [1.29, 1.82) is 0 Å². The van der Waals surface area contributed by atoms with Crippen molar-refractivity contribution in [2.24, 2.45) is 4.99 Å². The van der Waals surface area contributed by atoms with Gasteiger partial charge in [0.1, 0.15) is 6.54 Å². The van der Waals surface area contributed by atoms with Gasteiger partial charge in [-0.25, -0.2) is 4.99 Å². The van der Waals surface area contributed by atoms with Gasteiger partial charge >= 0.3 is 11.7 Å². The number of nitrogens with one attached hydrogen (secondary N) is 1. The van der Waals surface area contributed by atoms with E-state index in [1.165, 1.54) is 0 Å². The molecule has 0 saturated carbocycles. The smallest absolute Gasteiger partial charge is 0.307 e. The van der Waals surface area contributed by atoms with Crippen LogP contribution in [0.1, 0.15) is 5.56 Å². The molecule has 0 unspecified atom stereocenters. The largest absolute Gasteiger partial charge is 0.481 e. The summed E-state index contributed by atoms with van der Waals surface area (Å²) >= 11 is 2.00. The molecule has 0 radical (unpaired) electrons. The zero-order valence-electron chi connectivity index (χ0n) is 11.6. The Morgan fingerprint density at radius 2 is 2.32 bits per heavy atom. The Bertz CT molecular complexity index is 686. The van der Waals surface area contributed by atoms with Crippen molar-refractivity contribution in [3.8, 4) is 0 Å². The molecule has 8 nitrogen and oxygen atoms in total. The topological polar surface area (TPSA) is 108 Å². The monoisotopic (exact) mass is 416 g/mol. The van der Waals surface area contributed by atoms with E-state index in [4.69, 9.17) is 5.11 Å². The predicted molar refractivity (Wildman–Crippen MR) is 89.5 cm³/mol. The van der Waals surface area contributed by atoms with Gasteiger partial charge in [-0.3, -0.25) is 14.9 Å². The van der Waals surface area contributed by atoms with Crippen LogP contribution in [0.25, 0.3) is 0 Å². The van der Waals surface area contributed by atoms with E-state index in [-0.39, 0.29) is 24.5 Å². The Morgan fingerprint density at radius 1 is 1.59 bits per heavy atom. The number of carboxylic acids is 1. The molecule has 0 bridgehead atoms. The molecule has 0 atom stereocenters. The van der Waals surface area contributed by atoms with Crippen LogP contribution < -0.4 is 5.32 Å². The summed E-state index contributed by atoms with van der Waals surface area (Å²) < 4.78 is 0.632. The van der Waals surface area contributed by atoms with Gasteiger partial charge in [-0.05, 0) is 40.3 Å². The van der Waals surface area contributed by atoms with Crippen LogP contribution >= 0.6 is 22.6 Å². The lowest BCUT2D eigenvalue weighted by Crippen LogP contribution is -2.32. The summed E-state index contributed by atoms with van der Waals surface area (Å²) in [6.07, 6.45) is -0.111. The number of likely N-dealkylation sites (N-methyl/N-ethyl adjacent to an activating group) is 1. The molecule has 22 heavy (non-hydrogen) atoms. The van der Waals surface area contributed by atoms with E-state index < -0.39 is 10.9 Å². The van der Waals surface area contributed by atoms with Crippen LogP contribution in [-0.4, -0.2) is 38.3 Å². The number of carbonyl (C=O) groups is 1. The zero-order valence-corrected chi connectivity index (χ0v) is 13.8. The summed E-state index contributed by atoms with van der Waals surface area (Å²) in [5.74, 6) is -0.769. The van der Waals surface area contributed by atoms with E-state index >= 15 is 0 Å². The number of rotatable bonds is 5. The number of hydrogen-bond acceptors (Lipinski definition) is 6. The number of benzene rings is 1. The molecule has 0 aromatic heterocycles. The van der Waals surface area contributed by atoms with Gasteiger partial charge in [0, 0.05) is 12.7 Å². The maximum Gasteiger partial charge on any atom is 0.307 e. The average molecular weight is 416 g/mol. The summed E-state index contributed by atoms with van der Waals surface area (Å²) in [5, 5.41) is 22.9. The molecular formula is C13H13IN4O4. The lowest BCUT2D eigenvalue weighted by Gasteiger charge is -2.21. The number of halogens is 1. The van der Waals surface area contributed by atoms with Crippen LogP contribution in [0.4, 0.5) is 5.69 Å². The van der Waals surface area contributed by atoms with E-state index in [0.717, 1.165) is 0 Å². The maximum absolute atomic E-state index is 11.2. The molecule has 1 aliphatic heterocycles. The van der Waals surface area contributed by atoms with E-state index in [9.17, 15) is 14.9 Å². The van der Waals surface area contributed by atoms with Gasteiger partial charge in [-0.15, -0.1) is 0 Å². The van der Waals surface area contributed by atoms with Gasteiger partial charge < -0.3 is 15.3 Å². The van der Waals surface area contributed by atoms with Crippen LogP contribution in [0.5, 0.6) is 0 Å². The second kappa shape index (κ2) is 6.73. The first-order chi connectivity index (χ1) is 10.4. The molecule has 1 heterocycles. The third-order valence-electron chi connectivity index (χ3n) is 2.94. The second-order valence-electron chi connectivity index (χ2n) is 4.69. The van der Waals surface area contributed by atoms with Crippen LogP contribution in [0, 0.1) is 10.1 Å². The highest BCUT2D eigenvalue weighted by atomic mass is 127. The van der Waals surface area contributed by atoms with E-state index in [1.54, 1.807) is 36.2 Å². The fourth-order valence-corrected chi connectivity index (χ4v) is 2.33. The quantitative estimate of drug-likeness (QED) is 0.329. The Kier molecular flexibility index (Phi) is 4.96. The molecule has 1 aliphatic rings. The molecule has 1 aromatic rings. The van der Waals surface area contributed by atoms with Crippen LogP contribution in [0.15, 0.2) is 40.8 Å². The SMILES string of the molecule is CN1CC([N+](=O)[O-])=C(Nc2cccc(CC(=O)O)c2)N=C1I. The third-order valence-corrected chi connectivity index (χ3v) is 4.01. The first-order valence-electron chi connectivity index (χ1n) is 6.27. The van der Waals surface area contributed by atoms with Crippen molar-refractivity contribution in [1.82, 2.24) is 4.90 Å². The Labute approximate surface area is 139 Å². The van der Waals surface area contributed by atoms with E-state index in [1.807, 2.05) is 22.6 Å². The van der Waals surface area contributed by atoms with Crippen LogP contribution in [0.2, 0.25) is 0 Å². The fourth-order valence-electron chi connectivity index (χ4n) is 1.92. The van der Waals surface area contributed by atoms with Crippen LogP contribution in [-0.2, 0) is 11.2 Å². The summed E-state index contributed by atoms with van der Waals surface area (Å²) in [4.78, 5) is 27.3. The van der Waals surface area contributed by atoms with Gasteiger partial charge in [0.2, 0.25) is 5.82 Å². The van der Waals surface area contributed by atoms with Gasteiger partial charge in [-0.2, -0.15) is 0 Å². The van der Waals surface area contributed by atoms with Crippen molar-refractivity contribution in [3.05, 3.63) is 51.5 Å². The Balaban J connectivity index is 2.30. The van der Waals surface area contributed by atoms with E-state index in [0.29, 0.717) is 15.1 Å². The first-order valence-corrected chi connectivity index (χ1v) is 7.35. The molecule has 1 aromatic carbocycles. The number of amidine groups is 1. The lowest BCUT2D eigenvalue weighted by molar-refractivity contribution is -0.428. The van der Waals surface area contributed by atoms with Crippen molar-refractivity contribution in [2.45, 2.75) is 6.42 Å². The van der Waals surface area contributed by atoms with Crippen molar-refractivity contribution in [2.75, 3.05) is 18.9 Å². The standard InChI is InChI=1S/C13H13IN4O4/c1-17-7-10(18(21)22)12(16-13(17)14)15-9-4-2-3-8(5-9)6-11(19)20/h2-5,15H,6-7H2,1H3,(H,19,20). The Morgan fingerprint density at radius 3 is 2.95 bits per heavy atom. The lowest BCUT2D eigenvalue weighted by atomic mass is 10.1. The molecule has 2 rings (SSSR count). The highest BCUT2D eigenvalue weighted by molar-refractivity contribution is 14.1. The number of nitrogens with zero attached hydrogens (tertiary/aromatic N) is 3. The number of carboxylic acid groups (broad SMARTS) is 1. The number of aliphatic imine (C=N–C) groups is 1. The third kappa shape index (κ3) is 3.93. The Hall–Kier alpha value is -2.17. The molecule has 0 saturated heterocycles. The minimum Gasteiger partial charge on any atom is -0.481 e. The minimum absolute atomic E-state index is 0.0356. The van der Waals surface area contributed by atoms with Gasteiger partial charge in [-0.1, -0.05) is 12.1 Å². The normalized spacial score (nSPS) is 14.6. The summed E-state index contributed by atoms with van der Waals surface area (Å²) in [6, 6.07) is 6.72. The van der Waals surface area contributed by atoms with Gasteiger partial charge in [0.25, 0.3) is 0 Å². The molecule has 0 amide bonds. The molecule has 0 aliphatic carbocycles. The highest BCUT2D eigenvalue weighted by Crippen LogP contribution is 2.21. The second-order valence-corrected chi connectivity index (χ2v) is 5.65. The minimum atomic E-state index is -0.936. The van der Waals surface area contributed by atoms with Gasteiger partial charge in [0.15, 0.2) is 3.84 Å². The number of anilines is 1. The molecule has 2 N–H and O–H groups in total. The van der Waals surface area contributed by atoms with Crippen molar-refractivity contribution >= 4 is 38.1 Å². The molecule has 0 fully saturated rings. The summed E-state index contributed by atoms with van der Waals surface area (Å²) in [7, 11) is 1.72. The molecule has 116 valence electrons. The molecule has 0 spiro atoms. The van der Waals surface area contributed by atoms with Crippen LogP contribution in [0.3, 0.4) is 0 Å². The van der Waals surface area contributed by atoms with Crippen molar-refractivity contribution in [3.63, 3.8) is 0 Å². The number of aliphatic carboxylic acids is 1. The van der Waals surface area contributed by atoms with Crippen molar-refractivity contribution < 1.29 is 14.8 Å². The molecule has 9 heteroatoms. The zero-order chi connectivity index (χ0) is 16.3. The first kappa shape index (κ1) is 16.2. The average Bonchev–Trinajstić information content (AvgIpc) is 2.42. The maximum atomic E-state index is 11.2. The summed E-state index contributed by atoms with van der Waals surface area (Å²) in [6.45, 7) is 0.145. The predicted octanol–water partition coefficient (Wildman–Crippen LogP) is 1.91. The number of nitro groups is 1. The number of hydrogen-bond donors (Lipinski definition) is 2. The van der Waals surface area contributed by atoms with Gasteiger partial charge in [0.05, 0.1) is 11.3 Å². The molecular weight excluding hydrogens is 403 g/mol.